The molecule has 0 bridgehead atoms. The quantitative estimate of drug-likeness (QED) is 0.307. The molecule has 1 amide bonds. The Kier molecular flexibility index (Phi) is 9.15. The Balaban J connectivity index is 0.00000338. The van der Waals surface area contributed by atoms with Crippen molar-refractivity contribution in [2.45, 2.75) is 26.3 Å². The summed E-state index contributed by atoms with van der Waals surface area (Å²) < 4.78 is 1.12. The number of amides is 1. The van der Waals surface area contributed by atoms with E-state index < -0.39 is 5.41 Å². The topological polar surface area (TPSA) is 68.8 Å². The van der Waals surface area contributed by atoms with Crippen molar-refractivity contribution in [1.82, 2.24) is 16.0 Å². The van der Waals surface area contributed by atoms with Crippen LogP contribution in [-0.4, -0.2) is 51.6 Å². The number of hydrogen-bond donors (Lipinski definition) is 3. The number of para-hydroxylation sites is 1. The normalized spacial score (nSPS) is 17.5. The van der Waals surface area contributed by atoms with Gasteiger partial charge in [-0.05, 0) is 48.3 Å². The largest absolute Gasteiger partial charge is 0.368 e. The smallest absolute Gasteiger partial charge is 0.227 e. The molecular formula is C18H29BrIN5O. The number of carbonyl (C=O) groups excluding carboxylic acids is 1. The molecular weight excluding hydrogens is 509 g/mol. The average molecular weight is 538 g/mol. The summed E-state index contributed by atoms with van der Waals surface area (Å²) in [5.74, 6) is 0.743. The average Bonchev–Trinajstić information content (AvgIpc) is 3.06. The van der Waals surface area contributed by atoms with Gasteiger partial charge in [-0.25, -0.2) is 0 Å². The summed E-state index contributed by atoms with van der Waals surface area (Å²) in [4.78, 5) is 18.5. The van der Waals surface area contributed by atoms with E-state index >= 15 is 0 Å². The van der Waals surface area contributed by atoms with Gasteiger partial charge >= 0.3 is 0 Å². The third-order valence-corrected chi connectivity index (χ3v) is 5.16. The molecule has 6 nitrogen and oxygen atoms in total. The molecule has 1 aliphatic heterocycles. The number of nitrogens with one attached hydrogen (secondary N) is 3. The molecule has 1 aromatic carbocycles. The van der Waals surface area contributed by atoms with Gasteiger partial charge in [-0.15, -0.1) is 24.0 Å². The van der Waals surface area contributed by atoms with Gasteiger partial charge in [-0.3, -0.25) is 9.79 Å². The number of aliphatic imine (C=N–C) groups is 1. The first-order chi connectivity index (χ1) is 11.9. The van der Waals surface area contributed by atoms with E-state index in [1.807, 2.05) is 19.9 Å². The number of rotatable bonds is 5. The van der Waals surface area contributed by atoms with E-state index in [9.17, 15) is 4.79 Å². The predicted molar refractivity (Wildman–Crippen MR) is 123 cm³/mol. The summed E-state index contributed by atoms with van der Waals surface area (Å²) >= 11 is 3.62. The molecule has 1 heterocycles. The second-order valence-electron chi connectivity index (χ2n) is 6.92. The van der Waals surface area contributed by atoms with Crippen LogP contribution < -0.4 is 20.9 Å². The van der Waals surface area contributed by atoms with Crippen LogP contribution in [0.25, 0.3) is 0 Å². The van der Waals surface area contributed by atoms with Gasteiger partial charge in [-0.2, -0.15) is 0 Å². The molecule has 8 heteroatoms. The fourth-order valence-electron chi connectivity index (χ4n) is 2.92. The van der Waals surface area contributed by atoms with E-state index in [4.69, 9.17) is 0 Å². The summed E-state index contributed by atoms with van der Waals surface area (Å²) in [5, 5.41) is 9.43. The molecule has 3 N–H and O–H groups in total. The third-order valence-electron chi connectivity index (χ3n) is 4.49. The highest BCUT2D eigenvalue weighted by Gasteiger charge is 2.28. The number of benzene rings is 1. The first-order valence-corrected chi connectivity index (χ1v) is 9.35. The molecule has 2 rings (SSSR count). The van der Waals surface area contributed by atoms with Gasteiger partial charge in [0.1, 0.15) is 0 Å². The highest BCUT2D eigenvalue weighted by Crippen LogP contribution is 2.28. The third kappa shape index (κ3) is 6.00. The van der Waals surface area contributed by atoms with Gasteiger partial charge in [0.05, 0.1) is 11.1 Å². The molecule has 0 aromatic heterocycles. The number of anilines is 1. The van der Waals surface area contributed by atoms with Crippen LogP contribution in [0.3, 0.4) is 0 Å². The maximum Gasteiger partial charge on any atom is 0.227 e. The van der Waals surface area contributed by atoms with Crippen molar-refractivity contribution in [3.8, 4) is 0 Å². The molecule has 1 saturated heterocycles. The summed E-state index contributed by atoms with van der Waals surface area (Å²) in [7, 11) is 3.41. The van der Waals surface area contributed by atoms with E-state index in [2.05, 4.69) is 60.0 Å². The molecule has 1 atom stereocenters. The summed E-state index contributed by atoms with van der Waals surface area (Å²) in [6.07, 6.45) is 1.04. The van der Waals surface area contributed by atoms with E-state index in [0.29, 0.717) is 12.6 Å². The first-order valence-electron chi connectivity index (χ1n) is 8.56. The molecule has 1 fully saturated rings. The van der Waals surface area contributed by atoms with Gasteiger partial charge in [0.25, 0.3) is 0 Å². The molecule has 0 radical (unpaired) electrons. The van der Waals surface area contributed by atoms with Crippen LogP contribution in [0.1, 0.15) is 20.3 Å². The van der Waals surface area contributed by atoms with E-state index in [0.717, 1.165) is 29.9 Å². The Morgan fingerprint density at radius 2 is 2.08 bits per heavy atom. The monoisotopic (exact) mass is 537 g/mol. The first kappa shape index (κ1) is 23.0. The van der Waals surface area contributed by atoms with Gasteiger partial charge in [0.2, 0.25) is 5.91 Å². The zero-order valence-electron chi connectivity index (χ0n) is 15.8. The molecule has 26 heavy (non-hydrogen) atoms. The molecule has 1 unspecified atom stereocenters. The molecule has 0 spiro atoms. The lowest BCUT2D eigenvalue weighted by Gasteiger charge is -2.25. The SMILES string of the molecule is CN=C(NCC(C)(C)C(=O)NC)NC1CCN(c2ccccc2Br)C1.I. The molecule has 1 aromatic rings. The standard InChI is InChI=1S/C18H28BrN5O.HI/c1-18(2,16(25)20-3)12-22-17(21-4)23-13-9-10-24(11-13)15-8-6-5-7-14(15)19;/h5-8,13H,9-12H2,1-4H3,(H,20,25)(H2,21,22,23);1H. The van der Waals surface area contributed by atoms with Crippen molar-refractivity contribution in [2.24, 2.45) is 10.4 Å². The maximum atomic E-state index is 11.9. The number of halogens is 2. The molecule has 1 aliphatic rings. The van der Waals surface area contributed by atoms with Gasteiger partial charge in [0, 0.05) is 44.2 Å². The van der Waals surface area contributed by atoms with Crippen LogP contribution in [0.5, 0.6) is 0 Å². The predicted octanol–water partition coefficient (Wildman–Crippen LogP) is 2.58. The highest BCUT2D eigenvalue weighted by atomic mass is 127. The van der Waals surface area contributed by atoms with Crippen LogP contribution >= 0.6 is 39.9 Å². The maximum absolute atomic E-state index is 11.9. The Labute approximate surface area is 181 Å². The fourth-order valence-corrected chi connectivity index (χ4v) is 3.45. The van der Waals surface area contributed by atoms with Crippen molar-refractivity contribution >= 4 is 57.5 Å². The lowest BCUT2D eigenvalue weighted by Crippen LogP contribution is -2.50. The summed E-state index contributed by atoms with van der Waals surface area (Å²) in [6, 6.07) is 8.60. The van der Waals surface area contributed by atoms with Crippen molar-refractivity contribution < 1.29 is 4.79 Å². The second kappa shape index (κ2) is 10.3. The summed E-state index contributed by atoms with van der Waals surface area (Å²) in [5.41, 5.74) is 0.721. The van der Waals surface area contributed by atoms with E-state index in [1.54, 1.807) is 14.1 Å². The minimum Gasteiger partial charge on any atom is -0.368 e. The van der Waals surface area contributed by atoms with Crippen LogP contribution in [0, 0.1) is 5.41 Å². The molecule has 0 saturated carbocycles. The van der Waals surface area contributed by atoms with Gasteiger partial charge < -0.3 is 20.9 Å². The lowest BCUT2D eigenvalue weighted by atomic mass is 9.92. The summed E-state index contributed by atoms with van der Waals surface area (Å²) in [6.45, 7) is 6.27. The van der Waals surface area contributed by atoms with Gasteiger partial charge in [0.15, 0.2) is 5.96 Å². The van der Waals surface area contributed by atoms with E-state index in [1.165, 1.54) is 5.69 Å². The zero-order chi connectivity index (χ0) is 18.4. The van der Waals surface area contributed by atoms with Crippen LogP contribution in [0.4, 0.5) is 5.69 Å². The zero-order valence-corrected chi connectivity index (χ0v) is 19.7. The van der Waals surface area contributed by atoms with Crippen molar-refractivity contribution in [2.75, 3.05) is 38.6 Å². The Morgan fingerprint density at radius 1 is 1.38 bits per heavy atom. The Bertz CT molecular complexity index is 638. The van der Waals surface area contributed by atoms with Crippen molar-refractivity contribution in [3.05, 3.63) is 28.7 Å². The van der Waals surface area contributed by atoms with E-state index in [-0.39, 0.29) is 29.9 Å². The molecule has 0 aliphatic carbocycles. The Hall–Kier alpha value is -1.03. The highest BCUT2D eigenvalue weighted by molar-refractivity contribution is 14.0. The second-order valence-corrected chi connectivity index (χ2v) is 7.77. The van der Waals surface area contributed by atoms with Crippen LogP contribution in [0.2, 0.25) is 0 Å². The number of hydrogen-bond acceptors (Lipinski definition) is 3. The van der Waals surface area contributed by atoms with Crippen molar-refractivity contribution in [1.29, 1.82) is 0 Å². The number of guanidine groups is 1. The number of nitrogens with zero attached hydrogens (tertiary/aromatic N) is 2. The van der Waals surface area contributed by atoms with Crippen LogP contribution in [0.15, 0.2) is 33.7 Å². The van der Waals surface area contributed by atoms with Crippen molar-refractivity contribution in [3.63, 3.8) is 0 Å². The number of carbonyl (C=O) groups is 1. The van der Waals surface area contributed by atoms with Gasteiger partial charge in [-0.1, -0.05) is 12.1 Å². The molecule has 146 valence electrons. The fraction of sp³-hybridized carbons (Fsp3) is 0.556. The van der Waals surface area contributed by atoms with Crippen LogP contribution in [-0.2, 0) is 4.79 Å². The lowest BCUT2D eigenvalue weighted by molar-refractivity contribution is -0.128. The Morgan fingerprint density at radius 3 is 2.69 bits per heavy atom. The minimum absolute atomic E-state index is 0. The minimum atomic E-state index is -0.497.